The van der Waals surface area contributed by atoms with Crippen molar-refractivity contribution < 1.29 is 4.52 Å². The van der Waals surface area contributed by atoms with Crippen LogP contribution in [0.3, 0.4) is 0 Å². The molecule has 3 rings (SSSR count). The summed E-state index contributed by atoms with van der Waals surface area (Å²) in [6.07, 6.45) is 4.91. The Hall–Kier alpha value is -1.77. The Kier molecular flexibility index (Phi) is 2.44. The van der Waals surface area contributed by atoms with Crippen LogP contribution in [0.5, 0.6) is 0 Å². The molecule has 0 amide bonds. The topological polar surface area (TPSA) is 52.0 Å². The summed E-state index contributed by atoms with van der Waals surface area (Å²) in [7, 11) is 0. The van der Waals surface area contributed by atoms with Gasteiger partial charge in [0.05, 0.1) is 5.69 Å². The van der Waals surface area contributed by atoms with Gasteiger partial charge < -0.3 is 10.3 Å². The second-order valence-electron chi connectivity index (χ2n) is 5.46. The van der Waals surface area contributed by atoms with Crippen LogP contribution in [0.1, 0.15) is 42.1 Å². The van der Waals surface area contributed by atoms with Gasteiger partial charge in [-0.15, -0.1) is 0 Å². The molecule has 1 aromatic heterocycles. The van der Waals surface area contributed by atoms with Crippen LogP contribution >= 0.6 is 0 Å². The molecule has 1 aliphatic rings. The fraction of sp³-hybridized carbons (Fsp3) is 0.400. The van der Waals surface area contributed by atoms with Gasteiger partial charge in [-0.05, 0) is 44.2 Å². The van der Waals surface area contributed by atoms with Crippen LogP contribution in [0, 0.1) is 6.92 Å². The lowest BCUT2D eigenvalue weighted by Crippen LogP contribution is -2.30. The first-order valence-corrected chi connectivity index (χ1v) is 6.41. The Morgan fingerprint density at radius 2 is 2.22 bits per heavy atom. The third kappa shape index (κ3) is 1.54. The van der Waals surface area contributed by atoms with E-state index >= 15 is 0 Å². The fourth-order valence-electron chi connectivity index (χ4n) is 3.14. The number of anilines is 1. The van der Waals surface area contributed by atoms with Crippen LogP contribution in [0.15, 0.2) is 29.0 Å². The molecule has 0 radical (unpaired) electrons. The predicted molar refractivity (Wildman–Crippen MR) is 71.5 cm³/mol. The summed E-state index contributed by atoms with van der Waals surface area (Å²) in [4.78, 5) is 0. The molecule has 0 bridgehead atoms. The van der Waals surface area contributed by atoms with Gasteiger partial charge in [0.15, 0.2) is 0 Å². The number of nitrogens with two attached hydrogens (primary N) is 1. The maximum atomic E-state index is 5.99. The van der Waals surface area contributed by atoms with Gasteiger partial charge in [-0.3, -0.25) is 0 Å². The molecule has 1 aliphatic carbocycles. The van der Waals surface area contributed by atoms with Crippen molar-refractivity contribution >= 4 is 5.69 Å². The van der Waals surface area contributed by atoms with Crippen LogP contribution in [0.2, 0.25) is 0 Å². The third-order valence-corrected chi connectivity index (χ3v) is 4.10. The highest BCUT2D eigenvalue weighted by Gasteiger charge is 2.37. The summed E-state index contributed by atoms with van der Waals surface area (Å²) >= 11 is 0. The van der Waals surface area contributed by atoms with Gasteiger partial charge in [0.25, 0.3) is 0 Å². The summed E-state index contributed by atoms with van der Waals surface area (Å²) < 4.78 is 5.03. The molecule has 0 saturated carbocycles. The van der Waals surface area contributed by atoms with Crippen molar-refractivity contribution in [3.63, 3.8) is 0 Å². The van der Waals surface area contributed by atoms with Gasteiger partial charge in [0.1, 0.15) is 12.0 Å². The molecule has 0 fully saturated rings. The quantitative estimate of drug-likeness (QED) is 0.835. The lowest BCUT2D eigenvalue weighted by atomic mass is 9.69. The Bertz CT molecular complexity index is 588. The van der Waals surface area contributed by atoms with Gasteiger partial charge in [0, 0.05) is 5.41 Å². The zero-order valence-electron chi connectivity index (χ0n) is 10.9. The highest BCUT2D eigenvalue weighted by Crippen LogP contribution is 2.43. The van der Waals surface area contributed by atoms with Crippen molar-refractivity contribution in [2.24, 2.45) is 0 Å². The van der Waals surface area contributed by atoms with E-state index in [-0.39, 0.29) is 5.41 Å². The van der Waals surface area contributed by atoms with Crippen molar-refractivity contribution in [3.8, 4) is 0 Å². The molecular formula is C15H18N2O. The van der Waals surface area contributed by atoms with E-state index in [4.69, 9.17) is 10.3 Å². The summed E-state index contributed by atoms with van der Waals surface area (Å²) in [5.74, 6) is 0. The zero-order valence-corrected chi connectivity index (χ0v) is 10.9. The maximum absolute atomic E-state index is 5.99. The van der Waals surface area contributed by atoms with Gasteiger partial charge >= 0.3 is 0 Å². The van der Waals surface area contributed by atoms with Gasteiger partial charge in [0.2, 0.25) is 0 Å². The fourth-order valence-corrected chi connectivity index (χ4v) is 3.14. The summed E-state index contributed by atoms with van der Waals surface area (Å²) in [5, 5.41) is 4.13. The second kappa shape index (κ2) is 3.87. The largest absolute Gasteiger partial charge is 0.395 e. The van der Waals surface area contributed by atoms with E-state index in [1.807, 2.05) is 0 Å². The highest BCUT2D eigenvalue weighted by molar-refractivity contribution is 5.52. The highest BCUT2D eigenvalue weighted by atomic mass is 16.5. The number of nitrogens with zero attached hydrogens (tertiary/aromatic N) is 1. The first-order chi connectivity index (χ1) is 8.61. The first kappa shape index (κ1) is 11.3. The normalized spacial score (nSPS) is 22.8. The van der Waals surface area contributed by atoms with Crippen molar-refractivity contribution in [2.75, 3.05) is 5.73 Å². The molecule has 1 aromatic carbocycles. The van der Waals surface area contributed by atoms with Crippen LogP contribution < -0.4 is 5.73 Å². The molecule has 2 aromatic rings. The second-order valence-corrected chi connectivity index (χ2v) is 5.46. The molecule has 18 heavy (non-hydrogen) atoms. The molecule has 1 heterocycles. The number of aryl methyl sites for hydroxylation is 2. The molecule has 0 spiro atoms. The monoisotopic (exact) mass is 242 g/mol. The van der Waals surface area contributed by atoms with E-state index in [1.54, 1.807) is 0 Å². The van der Waals surface area contributed by atoms with E-state index < -0.39 is 0 Å². The van der Waals surface area contributed by atoms with Crippen LogP contribution in [-0.4, -0.2) is 5.16 Å². The Morgan fingerprint density at radius 1 is 1.39 bits per heavy atom. The number of aromatic nitrogens is 1. The van der Waals surface area contributed by atoms with E-state index in [0.717, 1.165) is 18.5 Å². The average molecular weight is 242 g/mol. The van der Waals surface area contributed by atoms with Crippen molar-refractivity contribution in [2.45, 2.75) is 38.5 Å². The van der Waals surface area contributed by atoms with Gasteiger partial charge in [-0.2, -0.15) is 0 Å². The van der Waals surface area contributed by atoms with Crippen molar-refractivity contribution in [1.29, 1.82) is 0 Å². The number of rotatable bonds is 1. The number of hydrogen-bond acceptors (Lipinski definition) is 3. The lowest BCUT2D eigenvalue weighted by molar-refractivity contribution is 0.376. The first-order valence-electron chi connectivity index (χ1n) is 6.41. The number of hydrogen-bond donors (Lipinski definition) is 1. The minimum Gasteiger partial charge on any atom is -0.395 e. The Morgan fingerprint density at radius 3 is 2.94 bits per heavy atom. The molecule has 1 unspecified atom stereocenters. The van der Waals surface area contributed by atoms with E-state index in [9.17, 15) is 0 Å². The summed E-state index contributed by atoms with van der Waals surface area (Å²) in [6.45, 7) is 4.35. The predicted octanol–water partition coefficient (Wildman–Crippen LogP) is 3.21. The standard InChI is InChI=1S/C15H18N2O/c1-10-5-6-12-11(8-10)4-3-7-15(12,2)14-13(16)9-18-17-14/h5-6,8-9H,3-4,7,16H2,1-2H3. The molecule has 0 aliphatic heterocycles. The van der Waals surface area contributed by atoms with Gasteiger partial charge in [-0.1, -0.05) is 28.9 Å². The Labute approximate surface area is 107 Å². The molecule has 94 valence electrons. The van der Waals surface area contributed by atoms with E-state index in [0.29, 0.717) is 5.69 Å². The minimum atomic E-state index is -0.113. The summed E-state index contributed by atoms with van der Waals surface area (Å²) in [5.41, 5.74) is 11.5. The zero-order chi connectivity index (χ0) is 12.8. The molecular weight excluding hydrogens is 224 g/mol. The smallest absolute Gasteiger partial charge is 0.147 e. The molecule has 0 saturated heterocycles. The van der Waals surface area contributed by atoms with Crippen LogP contribution in [0.4, 0.5) is 5.69 Å². The SMILES string of the molecule is Cc1ccc2c(c1)CCCC2(C)c1nocc1N. The number of benzene rings is 1. The molecule has 3 heteroatoms. The van der Waals surface area contributed by atoms with Crippen LogP contribution in [-0.2, 0) is 11.8 Å². The lowest BCUT2D eigenvalue weighted by Gasteiger charge is -2.34. The van der Waals surface area contributed by atoms with E-state index in [1.165, 1.54) is 29.4 Å². The number of nitrogen functional groups attached to an aromatic ring is 1. The number of fused-ring (bicyclic) bond motifs is 1. The van der Waals surface area contributed by atoms with E-state index in [2.05, 4.69) is 37.2 Å². The summed E-state index contributed by atoms with van der Waals surface area (Å²) in [6, 6.07) is 6.67. The minimum absolute atomic E-state index is 0.113. The Balaban J connectivity index is 2.19. The van der Waals surface area contributed by atoms with Crippen molar-refractivity contribution in [1.82, 2.24) is 5.16 Å². The molecule has 1 atom stereocenters. The average Bonchev–Trinajstić information content (AvgIpc) is 2.76. The van der Waals surface area contributed by atoms with Crippen LogP contribution in [0.25, 0.3) is 0 Å². The molecule has 2 N–H and O–H groups in total. The molecule has 3 nitrogen and oxygen atoms in total. The maximum Gasteiger partial charge on any atom is 0.147 e. The third-order valence-electron chi connectivity index (χ3n) is 4.10. The van der Waals surface area contributed by atoms with Gasteiger partial charge in [-0.25, -0.2) is 0 Å². The van der Waals surface area contributed by atoms with Crippen molar-refractivity contribution in [3.05, 3.63) is 46.8 Å².